The minimum atomic E-state index is -1.20. The van der Waals surface area contributed by atoms with E-state index >= 15 is 0 Å². The summed E-state index contributed by atoms with van der Waals surface area (Å²) in [6, 6.07) is 19.2. The predicted molar refractivity (Wildman–Crippen MR) is 83.2 cm³/mol. The van der Waals surface area contributed by atoms with E-state index in [-0.39, 0.29) is 12.5 Å². The largest absolute Gasteiger partial charge is 0.465 e. The van der Waals surface area contributed by atoms with Crippen LogP contribution < -0.4 is 5.32 Å². The van der Waals surface area contributed by atoms with E-state index in [0.29, 0.717) is 13.1 Å². The Bertz CT molecular complexity index is 573. The van der Waals surface area contributed by atoms with Gasteiger partial charge < -0.3 is 15.3 Å². The average molecular weight is 298 g/mol. The zero-order valence-corrected chi connectivity index (χ0v) is 12.1. The van der Waals surface area contributed by atoms with Gasteiger partial charge in [0.1, 0.15) is 6.54 Å². The van der Waals surface area contributed by atoms with Crippen LogP contribution in [0, 0.1) is 0 Å². The molecule has 0 saturated heterocycles. The van der Waals surface area contributed by atoms with Crippen molar-refractivity contribution >= 4 is 12.0 Å². The lowest BCUT2D eigenvalue weighted by Gasteiger charge is -2.23. The Morgan fingerprint density at radius 3 is 1.73 bits per heavy atom. The number of benzene rings is 2. The Balaban J connectivity index is 2.09. The Morgan fingerprint density at radius 2 is 1.32 bits per heavy atom. The highest BCUT2D eigenvalue weighted by atomic mass is 16.4. The highest BCUT2D eigenvalue weighted by Gasteiger charge is 2.15. The molecule has 22 heavy (non-hydrogen) atoms. The number of nitrogens with one attached hydrogen (secondary N) is 1. The summed E-state index contributed by atoms with van der Waals surface area (Å²) in [6.07, 6.45) is -1.20. The molecule has 0 radical (unpaired) electrons. The molecule has 0 atom stereocenters. The summed E-state index contributed by atoms with van der Waals surface area (Å²) < 4.78 is 0. The number of carbonyl (C=O) groups excluding carboxylic acids is 1. The molecule has 0 unspecified atom stereocenters. The quantitative estimate of drug-likeness (QED) is 0.860. The first-order valence-electron chi connectivity index (χ1n) is 6.97. The van der Waals surface area contributed by atoms with E-state index in [1.807, 2.05) is 60.7 Å². The fraction of sp³-hybridized carbons (Fsp3) is 0.176. The summed E-state index contributed by atoms with van der Waals surface area (Å²) in [7, 11) is 0. The maximum absolute atomic E-state index is 12.3. The molecule has 0 bridgehead atoms. The third-order valence-corrected chi connectivity index (χ3v) is 3.18. The summed E-state index contributed by atoms with van der Waals surface area (Å²) >= 11 is 0. The summed E-state index contributed by atoms with van der Waals surface area (Å²) in [6.45, 7) is 0.654. The monoisotopic (exact) mass is 298 g/mol. The van der Waals surface area contributed by atoms with Gasteiger partial charge in [-0.05, 0) is 11.1 Å². The van der Waals surface area contributed by atoms with Gasteiger partial charge in [-0.25, -0.2) is 4.79 Å². The van der Waals surface area contributed by atoms with Gasteiger partial charge in [0, 0.05) is 13.1 Å². The van der Waals surface area contributed by atoms with Gasteiger partial charge in [-0.15, -0.1) is 0 Å². The predicted octanol–water partition coefficient (Wildman–Crippen LogP) is 2.48. The molecule has 5 heteroatoms. The zero-order valence-electron chi connectivity index (χ0n) is 12.1. The van der Waals surface area contributed by atoms with Gasteiger partial charge in [0.05, 0.1) is 0 Å². The number of carboxylic acid groups (broad SMARTS) is 1. The van der Waals surface area contributed by atoms with Crippen LogP contribution in [-0.4, -0.2) is 28.6 Å². The van der Waals surface area contributed by atoms with Crippen molar-refractivity contribution in [3.63, 3.8) is 0 Å². The molecule has 0 aliphatic carbocycles. The standard InChI is InChI=1S/C17H18N2O3/c20-16(11-18-17(21)22)19(12-14-7-3-1-4-8-14)13-15-9-5-2-6-10-15/h1-10,18H,11-13H2,(H,21,22). The number of amides is 2. The Morgan fingerprint density at radius 1 is 0.864 bits per heavy atom. The van der Waals surface area contributed by atoms with Gasteiger partial charge in [-0.1, -0.05) is 60.7 Å². The molecule has 0 aliphatic rings. The molecule has 2 aromatic rings. The minimum absolute atomic E-state index is 0.227. The highest BCUT2D eigenvalue weighted by molar-refractivity contribution is 5.81. The van der Waals surface area contributed by atoms with E-state index in [2.05, 4.69) is 5.32 Å². The molecule has 0 aromatic heterocycles. The average Bonchev–Trinajstić information content (AvgIpc) is 2.54. The smallest absolute Gasteiger partial charge is 0.405 e. The van der Waals surface area contributed by atoms with E-state index in [0.717, 1.165) is 11.1 Å². The van der Waals surface area contributed by atoms with Crippen LogP contribution in [0.1, 0.15) is 11.1 Å². The van der Waals surface area contributed by atoms with Crippen molar-refractivity contribution in [2.45, 2.75) is 13.1 Å². The molecule has 114 valence electrons. The number of carbonyl (C=O) groups is 2. The van der Waals surface area contributed by atoms with Crippen LogP contribution in [0.4, 0.5) is 4.79 Å². The van der Waals surface area contributed by atoms with E-state index in [1.54, 1.807) is 4.90 Å². The molecule has 0 fully saturated rings. The molecule has 2 amide bonds. The van der Waals surface area contributed by atoms with Gasteiger partial charge in [-0.2, -0.15) is 0 Å². The second-order valence-corrected chi connectivity index (χ2v) is 4.88. The number of rotatable bonds is 6. The van der Waals surface area contributed by atoms with Crippen molar-refractivity contribution in [1.82, 2.24) is 10.2 Å². The summed E-state index contributed by atoms with van der Waals surface area (Å²) in [4.78, 5) is 24.5. The number of hydrogen-bond acceptors (Lipinski definition) is 2. The summed E-state index contributed by atoms with van der Waals surface area (Å²) in [5.74, 6) is -0.255. The van der Waals surface area contributed by atoms with Gasteiger partial charge in [0.15, 0.2) is 0 Å². The van der Waals surface area contributed by atoms with Crippen molar-refractivity contribution in [3.8, 4) is 0 Å². The number of nitrogens with zero attached hydrogens (tertiary/aromatic N) is 1. The van der Waals surface area contributed by atoms with E-state index in [4.69, 9.17) is 5.11 Å². The normalized spacial score (nSPS) is 10.0. The van der Waals surface area contributed by atoms with E-state index in [1.165, 1.54) is 0 Å². The van der Waals surface area contributed by atoms with Crippen LogP contribution in [-0.2, 0) is 17.9 Å². The van der Waals surface area contributed by atoms with Crippen LogP contribution >= 0.6 is 0 Å². The van der Waals surface area contributed by atoms with Crippen LogP contribution in [0.3, 0.4) is 0 Å². The van der Waals surface area contributed by atoms with Crippen LogP contribution in [0.25, 0.3) is 0 Å². The first kappa shape index (κ1) is 15.6. The fourth-order valence-corrected chi connectivity index (χ4v) is 2.10. The number of hydrogen-bond donors (Lipinski definition) is 2. The minimum Gasteiger partial charge on any atom is -0.465 e. The van der Waals surface area contributed by atoms with Crippen LogP contribution in [0.2, 0.25) is 0 Å². The lowest BCUT2D eigenvalue weighted by atomic mass is 10.1. The fourth-order valence-electron chi connectivity index (χ4n) is 2.10. The Hall–Kier alpha value is -2.82. The molecular weight excluding hydrogens is 280 g/mol. The third kappa shape index (κ3) is 4.94. The molecule has 0 saturated carbocycles. The molecule has 0 heterocycles. The van der Waals surface area contributed by atoms with Gasteiger partial charge in [-0.3, -0.25) is 4.79 Å². The molecule has 2 aromatic carbocycles. The van der Waals surface area contributed by atoms with Gasteiger partial charge in [0.2, 0.25) is 5.91 Å². The highest BCUT2D eigenvalue weighted by Crippen LogP contribution is 2.10. The molecule has 0 spiro atoms. The summed E-state index contributed by atoms with van der Waals surface area (Å²) in [5, 5.41) is 10.8. The maximum Gasteiger partial charge on any atom is 0.405 e. The second kappa shape index (κ2) is 7.83. The first-order valence-corrected chi connectivity index (χ1v) is 6.97. The van der Waals surface area contributed by atoms with Crippen molar-refractivity contribution in [2.75, 3.05) is 6.54 Å². The summed E-state index contributed by atoms with van der Waals surface area (Å²) in [5.41, 5.74) is 2.00. The van der Waals surface area contributed by atoms with Crippen LogP contribution in [0.5, 0.6) is 0 Å². The molecule has 0 aliphatic heterocycles. The molecular formula is C17H18N2O3. The van der Waals surface area contributed by atoms with Crippen molar-refractivity contribution < 1.29 is 14.7 Å². The SMILES string of the molecule is O=C(O)NCC(=O)N(Cc1ccccc1)Cc1ccccc1. The van der Waals surface area contributed by atoms with Crippen molar-refractivity contribution in [3.05, 3.63) is 71.8 Å². The Labute approximate surface area is 129 Å². The van der Waals surface area contributed by atoms with Gasteiger partial charge in [0.25, 0.3) is 0 Å². The Kier molecular flexibility index (Phi) is 5.54. The maximum atomic E-state index is 12.3. The lowest BCUT2D eigenvalue weighted by molar-refractivity contribution is -0.131. The zero-order chi connectivity index (χ0) is 15.8. The van der Waals surface area contributed by atoms with Crippen molar-refractivity contribution in [2.24, 2.45) is 0 Å². The van der Waals surface area contributed by atoms with Gasteiger partial charge >= 0.3 is 6.09 Å². The van der Waals surface area contributed by atoms with E-state index in [9.17, 15) is 9.59 Å². The van der Waals surface area contributed by atoms with Crippen LogP contribution in [0.15, 0.2) is 60.7 Å². The van der Waals surface area contributed by atoms with E-state index < -0.39 is 6.09 Å². The molecule has 2 rings (SSSR count). The third-order valence-electron chi connectivity index (χ3n) is 3.18. The first-order chi connectivity index (χ1) is 10.6. The molecule has 2 N–H and O–H groups in total. The second-order valence-electron chi connectivity index (χ2n) is 4.88. The molecule has 5 nitrogen and oxygen atoms in total. The topological polar surface area (TPSA) is 69.6 Å². The lowest BCUT2D eigenvalue weighted by Crippen LogP contribution is -2.39. The van der Waals surface area contributed by atoms with Crippen molar-refractivity contribution in [1.29, 1.82) is 0 Å².